The average Bonchev–Trinajstić information content (AvgIpc) is 1.35. The van der Waals surface area contributed by atoms with Crippen molar-refractivity contribution in [2.75, 3.05) is 6.61 Å². The van der Waals surface area contributed by atoms with Crippen LogP contribution in [0, 0.1) is 0 Å². The van der Waals surface area contributed by atoms with Gasteiger partial charge in [-0.15, -0.1) is 0 Å². The minimum absolute atomic E-state index is 0. The van der Waals surface area contributed by atoms with Crippen molar-refractivity contribution in [1.29, 1.82) is 0 Å². The van der Waals surface area contributed by atoms with E-state index in [-0.39, 0.29) is 36.5 Å². The summed E-state index contributed by atoms with van der Waals surface area (Å²) in [5.41, 5.74) is 0. The Balaban J connectivity index is -0.0000000417. The Labute approximate surface area is 83.5 Å². The van der Waals surface area contributed by atoms with Crippen LogP contribution in [0.15, 0.2) is 0 Å². The Kier molecular flexibility index (Phi) is 22.2. The Morgan fingerprint density at radius 1 is 1.88 bits per heavy atom. The molecule has 0 saturated carbocycles. The van der Waals surface area contributed by atoms with Crippen molar-refractivity contribution >= 4 is 29.2 Å². The molecule has 0 aromatic heterocycles. The first-order valence-electron chi connectivity index (χ1n) is 1.63. The van der Waals surface area contributed by atoms with Gasteiger partial charge in [-0.2, -0.15) is 0 Å². The molecule has 0 heterocycles. The van der Waals surface area contributed by atoms with Gasteiger partial charge in [0.15, 0.2) is 0 Å². The molecule has 46 valence electrons. The van der Waals surface area contributed by atoms with Crippen LogP contribution in [0.1, 0.15) is 8.35 Å². The second-order valence-corrected chi connectivity index (χ2v) is 1.78. The molecule has 0 aliphatic carbocycles. The van der Waals surface area contributed by atoms with Gasteiger partial charge >= 0.3 is 29.6 Å². The van der Waals surface area contributed by atoms with Crippen LogP contribution >= 0.6 is 24.8 Å². The van der Waals surface area contributed by atoms with Gasteiger partial charge in [0, 0.05) is 0 Å². The molecule has 0 rings (SSSR count). The van der Waals surface area contributed by atoms with Crippen molar-refractivity contribution < 1.29 is 41.2 Å². The van der Waals surface area contributed by atoms with Crippen LogP contribution in [-0.4, -0.2) is 16.5 Å². The Morgan fingerprint density at radius 2 is 2.25 bits per heavy atom. The zero-order valence-corrected chi connectivity index (χ0v) is 8.68. The molecule has 0 spiro atoms. The minimum atomic E-state index is 0. The van der Waals surface area contributed by atoms with Crippen LogP contribution in [0.4, 0.5) is 0 Å². The third-order valence-electron chi connectivity index (χ3n) is 0.268. The van der Waals surface area contributed by atoms with Gasteiger partial charge in [0.25, 0.3) is 0 Å². The van der Waals surface area contributed by atoms with Crippen LogP contribution in [0.5, 0.6) is 0 Å². The molecule has 0 aliphatic rings. The first-order chi connectivity index (χ1) is 2.77. The van der Waals surface area contributed by atoms with Gasteiger partial charge in [-0.1, -0.05) is 12.6 Å². The molecule has 2 N–H and O–H groups in total. The van der Waals surface area contributed by atoms with Gasteiger partial charge in [0.2, 0.25) is 4.38 Å². The standard InChI is InChI=1S/C3H6OS2.Na.H2O.H/c1-2-4-3(5)6;;;/h2H2,1H3,(H,5,6);;1H2;/q;+1;;-1. The second kappa shape index (κ2) is 11.1. The summed E-state index contributed by atoms with van der Waals surface area (Å²) in [6.07, 6.45) is 0. The summed E-state index contributed by atoms with van der Waals surface area (Å²) in [4.78, 5) is 0. The van der Waals surface area contributed by atoms with Gasteiger partial charge in [-0.3, -0.25) is 0 Å². The normalized spacial score (nSPS) is 5.75. The molecule has 0 radical (unpaired) electrons. The Hall–Kier alpha value is 1.20. The molecule has 0 bridgehead atoms. The zero-order valence-electron chi connectivity index (χ0n) is 5.97. The van der Waals surface area contributed by atoms with E-state index in [0.29, 0.717) is 11.0 Å². The maximum absolute atomic E-state index is 4.64. The van der Waals surface area contributed by atoms with Crippen LogP contribution in [-0.2, 0) is 4.74 Å². The fraction of sp³-hybridized carbons (Fsp3) is 0.667. The number of thiol groups is 1. The predicted molar refractivity (Wildman–Crippen MR) is 37.9 cm³/mol. The van der Waals surface area contributed by atoms with Gasteiger partial charge in [-0.05, 0) is 19.1 Å². The van der Waals surface area contributed by atoms with Gasteiger partial charge in [-0.25, -0.2) is 0 Å². The van der Waals surface area contributed by atoms with Crippen molar-refractivity contribution in [3.63, 3.8) is 0 Å². The number of rotatable bonds is 1. The minimum Gasteiger partial charge on any atom is -1.00 e. The van der Waals surface area contributed by atoms with Crippen molar-refractivity contribution in [3.05, 3.63) is 0 Å². The molecule has 0 atom stereocenters. The van der Waals surface area contributed by atoms with Gasteiger partial charge in [0.05, 0.1) is 6.61 Å². The SMILES string of the molecule is CCOC(=S)S.O.[H-].[Na+]. The molecule has 0 fully saturated rings. The summed E-state index contributed by atoms with van der Waals surface area (Å²) in [7, 11) is 0. The third-order valence-corrected chi connectivity index (χ3v) is 0.515. The summed E-state index contributed by atoms with van der Waals surface area (Å²) in [6, 6.07) is 0. The fourth-order valence-corrected chi connectivity index (χ4v) is 0.370. The van der Waals surface area contributed by atoms with Crippen molar-refractivity contribution in [2.24, 2.45) is 0 Å². The molecule has 0 aromatic carbocycles. The number of hydrogen-bond donors (Lipinski definition) is 1. The van der Waals surface area contributed by atoms with Crippen LogP contribution in [0.25, 0.3) is 0 Å². The Bertz CT molecular complexity index is 63.8. The average molecular weight is 164 g/mol. The quantitative estimate of drug-likeness (QED) is 0.265. The molecule has 0 amide bonds. The number of thiocarbonyl (C=S) groups is 1. The summed E-state index contributed by atoms with van der Waals surface area (Å²) in [5, 5.41) is 0. The monoisotopic (exact) mass is 164 g/mol. The van der Waals surface area contributed by atoms with Gasteiger partial charge in [0.1, 0.15) is 0 Å². The summed E-state index contributed by atoms with van der Waals surface area (Å²) < 4.78 is 4.95. The molecular weight excluding hydrogens is 155 g/mol. The van der Waals surface area contributed by atoms with Crippen molar-refractivity contribution in [3.8, 4) is 0 Å². The smallest absolute Gasteiger partial charge is 1.00 e. The first kappa shape index (κ1) is 16.1. The van der Waals surface area contributed by atoms with Gasteiger partial charge < -0.3 is 11.6 Å². The third kappa shape index (κ3) is 15.7. The molecule has 0 unspecified atom stereocenters. The molecule has 0 saturated heterocycles. The van der Waals surface area contributed by atoms with E-state index in [9.17, 15) is 0 Å². The largest absolute Gasteiger partial charge is 1.00 e. The van der Waals surface area contributed by atoms with E-state index in [2.05, 4.69) is 29.6 Å². The van der Waals surface area contributed by atoms with E-state index in [1.807, 2.05) is 6.92 Å². The van der Waals surface area contributed by atoms with E-state index in [1.165, 1.54) is 0 Å². The van der Waals surface area contributed by atoms with E-state index in [0.717, 1.165) is 0 Å². The molecule has 0 aliphatic heterocycles. The summed E-state index contributed by atoms with van der Waals surface area (Å²) in [5.74, 6) is 0. The maximum Gasteiger partial charge on any atom is 1.00 e. The van der Waals surface area contributed by atoms with E-state index in [1.54, 1.807) is 0 Å². The van der Waals surface area contributed by atoms with Crippen molar-refractivity contribution in [1.82, 2.24) is 0 Å². The first-order valence-corrected chi connectivity index (χ1v) is 2.48. The number of ether oxygens (including phenoxy) is 1. The van der Waals surface area contributed by atoms with Crippen LogP contribution in [0.3, 0.4) is 0 Å². The molecule has 5 heteroatoms. The molecule has 0 aromatic rings. The van der Waals surface area contributed by atoms with Crippen LogP contribution in [0.2, 0.25) is 0 Å². The molecular formula is C3H9NaO2S2. The maximum atomic E-state index is 4.64. The molecule has 8 heavy (non-hydrogen) atoms. The summed E-state index contributed by atoms with van der Waals surface area (Å²) >= 11 is 8.12. The summed E-state index contributed by atoms with van der Waals surface area (Å²) in [6.45, 7) is 2.48. The number of hydrogen-bond acceptors (Lipinski definition) is 2. The van der Waals surface area contributed by atoms with E-state index >= 15 is 0 Å². The predicted octanol–water partition coefficient (Wildman–Crippen LogP) is -2.47. The van der Waals surface area contributed by atoms with E-state index in [4.69, 9.17) is 0 Å². The van der Waals surface area contributed by atoms with Crippen molar-refractivity contribution in [2.45, 2.75) is 6.92 Å². The molecule has 2 nitrogen and oxygen atoms in total. The second-order valence-electron chi connectivity index (χ2n) is 0.699. The Morgan fingerprint density at radius 3 is 2.25 bits per heavy atom. The fourth-order valence-electron chi connectivity index (χ4n) is 0.123. The van der Waals surface area contributed by atoms with Crippen LogP contribution < -0.4 is 29.6 Å². The topological polar surface area (TPSA) is 40.7 Å². The zero-order chi connectivity index (χ0) is 4.99. The van der Waals surface area contributed by atoms with E-state index < -0.39 is 0 Å².